The first-order valence-electron chi connectivity index (χ1n) is 11.5. The van der Waals surface area contributed by atoms with Crippen molar-refractivity contribution in [2.24, 2.45) is 0 Å². The smallest absolute Gasteiger partial charge is 0.300 e. The van der Waals surface area contributed by atoms with Crippen molar-refractivity contribution < 1.29 is 9.59 Å². The second kappa shape index (κ2) is 8.29. The molecule has 1 amide bonds. The number of benzene rings is 4. The quantitative estimate of drug-likeness (QED) is 0.350. The fraction of sp³-hybridized carbons (Fsp3) is 0.0667. The van der Waals surface area contributed by atoms with Gasteiger partial charge in [-0.25, -0.2) is 0 Å². The minimum atomic E-state index is -1.09. The van der Waals surface area contributed by atoms with Crippen LogP contribution in [0.2, 0.25) is 0 Å². The SMILES string of the molecule is Cc1ccc(N2C(=O)C(=O)C3=C(c4ccccc4)Nc4ccccc4S[C@@]32c2ccccc2)cc1. The van der Waals surface area contributed by atoms with Crippen molar-refractivity contribution in [2.45, 2.75) is 16.7 Å². The van der Waals surface area contributed by atoms with Gasteiger partial charge in [-0.1, -0.05) is 102 Å². The Labute approximate surface area is 208 Å². The number of amides is 1. The van der Waals surface area contributed by atoms with E-state index in [0.717, 1.165) is 27.3 Å². The number of nitrogens with zero attached hydrogens (tertiary/aromatic N) is 1. The molecule has 0 aliphatic carbocycles. The fourth-order valence-corrected chi connectivity index (χ4v) is 6.35. The number of hydrogen-bond donors (Lipinski definition) is 1. The van der Waals surface area contributed by atoms with Gasteiger partial charge in [-0.15, -0.1) is 0 Å². The summed E-state index contributed by atoms with van der Waals surface area (Å²) in [5.41, 5.74) is 5.49. The molecule has 1 atom stereocenters. The molecule has 4 aromatic carbocycles. The molecule has 4 aromatic rings. The van der Waals surface area contributed by atoms with Crippen LogP contribution < -0.4 is 10.2 Å². The molecule has 0 bridgehead atoms. The highest BCUT2D eigenvalue weighted by atomic mass is 32.2. The van der Waals surface area contributed by atoms with Gasteiger partial charge in [0.05, 0.1) is 17.0 Å². The Kier molecular flexibility index (Phi) is 5.08. The van der Waals surface area contributed by atoms with Gasteiger partial charge >= 0.3 is 5.91 Å². The predicted molar refractivity (Wildman–Crippen MR) is 141 cm³/mol. The highest BCUT2D eigenvalue weighted by Gasteiger charge is 2.59. The number of para-hydroxylation sites is 1. The number of fused-ring (bicyclic) bond motifs is 2. The zero-order valence-electron chi connectivity index (χ0n) is 19.1. The fourth-order valence-electron chi connectivity index (χ4n) is 4.82. The summed E-state index contributed by atoms with van der Waals surface area (Å²) in [4.78, 5) is 29.3. The van der Waals surface area contributed by atoms with Crippen LogP contribution in [-0.2, 0) is 14.5 Å². The third kappa shape index (κ3) is 3.31. The Balaban J connectivity index is 1.75. The lowest BCUT2D eigenvalue weighted by atomic mass is 9.93. The highest BCUT2D eigenvalue weighted by molar-refractivity contribution is 8.01. The molecule has 1 fully saturated rings. The summed E-state index contributed by atoms with van der Waals surface area (Å²) in [7, 11) is 0. The lowest BCUT2D eigenvalue weighted by molar-refractivity contribution is -0.132. The normalized spacial score (nSPS) is 19.2. The molecule has 6 rings (SSSR count). The molecule has 0 aromatic heterocycles. The van der Waals surface area contributed by atoms with Crippen LogP contribution in [0, 0.1) is 6.92 Å². The topological polar surface area (TPSA) is 49.4 Å². The average Bonchev–Trinajstić information content (AvgIpc) is 3.02. The van der Waals surface area contributed by atoms with Crippen LogP contribution in [0.5, 0.6) is 0 Å². The van der Waals surface area contributed by atoms with Crippen molar-refractivity contribution in [1.82, 2.24) is 0 Å². The lowest BCUT2D eigenvalue weighted by Gasteiger charge is -2.38. The van der Waals surface area contributed by atoms with Crippen LogP contribution in [0.4, 0.5) is 11.4 Å². The van der Waals surface area contributed by atoms with Gasteiger partial charge in [-0.05, 0) is 42.3 Å². The number of carbonyl (C=O) groups is 2. The van der Waals surface area contributed by atoms with E-state index < -0.39 is 16.6 Å². The van der Waals surface area contributed by atoms with Crippen LogP contribution >= 0.6 is 11.8 Å². The van der Waals surface area contributed by atoms with Crippen LogP contribution in [0.25, 0.3) is 5.70 Å². The maximum Gasteiger partial charge on any atom is 0.300 e. The first-order chi connectivity index (χ1) is 17.1. The van der Waals surface area contributed by atoms with Crippen molar-refractivity contribution >= 4 is 40.5 Å². The van der Waals surface area contributed by atoms with E-state index in [0.29, 0.717) is 17.0 Å². The number of nitrogens with one attached hydrogen (secondary N) is 1. The summed E-state index contributed by atoms with van der Waals surface area (Å²) in [6.07, 6.45) is 0. The molecule has 1 saturated heterocycles. The average molecular weight is 475 g/mol. The summed E-state index contributed by atoms with van der Waals surface area (Å²) in [6.45, 7) is 2.01. The van der Waals surface area contributed by atoms with E-state index in [1.165, 1.54) is 11.8 Å². The number of rotatable bonds is 3. The van der Waals surface area contributed by atoms with Gasteiger partial charge in [0.25, 0.3) is 5.78 Å². The van der Waals surface area contributed by atoms with Gasteiger partial charge in [0.15, 0.2) is 4.87 Å². The Hall–Kier alpha value is -4.09. The summed E-state index contributed by atoms with van der Waals surface area (Å²) in [5.74, 6) is -1.03. The number of aryl methyl sites for hydroxylation is 1. The van der Waals surface area contributed by atoms with Crippen molar-refractivity contribution in [3.8, 4) is 0 Å². The molecular formula is C30H22N2O2S. The number of hydrogen-bond acceptors (Lipinski definition) is 4. The molecule has 2 heterocycles. The number of ketones is 1. The second-order valence-corrected chi connectivity index (χ2v) is 9.89. The van der Waals surface area contributed by atoms with Crippen LogP contribution in [-0.4, -0.2) is 11.7 Å². The number of Topliss-reactive ketones (excluding diaryl/α,β-unsaturated/α-hetero) is 1. The van der Waals surface area contributed by atoms with E-state index in [9.17, 15) is 9.59 Å². The molecular weight excluding hydrogens is 452 g/mol. The Morgan fingerprint density at radius 2 is 1.37 bits per heavy atom. The molecule has 4 nitrogen and oxygen atoms in total. The van der Waals surface area contributed by atoms with Crippen molar-refractivity contribution in [1.29, 1.82) is 0 Å². The van der Waals surface area contributed by atoms with Crippen molar-refractivity contribution in [3.05, 3.63) is 131 Å². The van der Waals surface area contributed by atoms with Gasteiger partial charge in [0, 0.05) is 10.6 Å². The largest absolute Gasteiger partial charge is 0.354 e. The summed E-state index contributed by atoms with van der Waals surface area (Å²) in [6, 6.07) is 35.4. The van der Waals surface area contributed by atoms with Crippen molar-refractivity contribution in [2.75, 3.05) is 10.2 Å². The molecule has 2 aliphatic heterocycles. The molecule has 1 N–H and O–H groups in total. The van der Waals surface area contributed by atoms with Crippen LogP contribution in [0.1, 0.15) is 16.7 Å². The number of anilines is 2. The van der Waals surface area contributed by atoms with Crippen LogP contribution in [0.3, 0.4) is 0 Å². The van der Waals surface area contributed by atoms with Gasteiger partial charge in [-0.2, -0.15) is 0 Å². The Morgan fingerprint density at radius 3 is 2.09 bits per heavy atom. The van der Waals surface area contributed by atoms with Crippen LogP contribution in [0.15, 0.2) is 120 Å². The zero-order chi connectivity index (χ0) is 24.0. The highest BCUT2D eigenvalue weighted by Crippen LogP contribution is 2.59. The standard InChI is InChI=1S/C30H22N2O2S/c1-20-16-18-23(19-17-20)32-29(34)28(33)26-27(21-10-4-2-5-11-21)31-24-14-8-9-15-25(24)35-30(26,32)22-12-6-3-7-13-22/h2-19,31H,1H3/t30-/m0/s1. The van der Waals surface area contributed by atoms with Gasteiger partial charge in [-0.3, -0.25) is 14.5 Å². The Bertz CT molecular complexity index is 1480. The van der Waals surface area contributed by atoms with E-state index >= 15 is 0 Å². The van der Waals surface area contributed by atoms with Gasteiger partial charge < -0.3 is 5.32 Å². The molecule has 35 heavy (non-hydrogen) atoms. The minimum Gasteiger partial charge on any atom is -0.354 e. The van der Waals surface area contributed by atoms with E-state index in [-0.39, 0.29) is 0 Å². The maximum absolute atomic E-state index is 14.0. The maximum atomic E-state index is 14.0. The first-order valence-corrected chi connectivity index (χ1v) is 12.3. The third-order valence-corrected chi connectivity index (χ3v) is 7.95. The predicted octanol–water partition coefficient (Wildman–Crippen LogP) is 6.39. The summed E-state index contributed by atoms with van der Waals surface area (Å²) < 4.78 is 0. The number of thioether (sulfide) groups is 1. The van der Waals surface area contributed by atoms with E-state index in [1.54, 1.807) is 4.90 Å². The van der Waals surface area contributed by atoms with E-state index in [2.05, 4.69) is 5.32 Å². The number of carbonyl (C=O) groups excluding carboxylic acids is 2. The van der Waals surface area contributed by atoms with E-state index in [1.807, 2.05) is 116 Å². The molecule has 0 radical (unpaired) electrons. The Morgan fingerprint density at radius 1 is 0.743 bits per heavy atom. The second-order valence-electron chi connectivity index (χ2n) is 8.65. The molecule has 0 unspecified atom stereocenters. The summed E-state index contributed by atoms with van der Waals surface area (Å²) >= 11 is 1.53. The van der Waals surface area contributed by atoms with Crippen molar-refractivity contribution in [3.63, 3.8) is 0 Å². The monoisotopic (exact) mass is 474 g/mol. The molecule has 170 valence electrons. The van der Waals surface area contributed by atoms with Gasteiger partial charge in [0.2, 0.25) is 0 Å². The van der Waals surface area contributed by atoms with Gasteiger partial charge in [0.1, 0.15) is 0 Å². The molecule has 5 heteroatoms. The minimum absolute atomic E-state index is 0.446. The third-order valence-electron chi connectivity index (χ3n) is 6.45. The van der Waals surface area contributed by atoms with E-state index in [4.69, 9.17) is 0 Å². The first kappa shape index (κ1) is 21.4. The summed E-state index contributed by atoms with van der Waals surface area (Å²) in [5, 5.41) is 3.53. The molecule has 0 spiro atoms. The molecule has 2 aliphatic rings. The molecule has 0 saturated carbocycles. The zero-order valence-corrected chi connectivity index (χ0v) is 19.9. The lowest BCUT2D eigenvalue weighted by Crippen LogP contribution is -2.42.